The molecule has 0 aliphatic heterocycles. The van der Waals surface area contributed by atoms with Crippen molar-refractivity contribution < 1.29 is 0 Å². The minimum atomic E-state index is 0.887. The monoisotopic (exact) mass is 218 g/mol. The highest BCUT2D eigenvalue weighted by atomic mass is 15.1. The molecule has 0 saturated heterocycles. The summed E-state index contributed by atoms with van der Waals surface area (Å²) in [5, 5.41) is 0. The number of hydrogen-bond acceptors (Lipinski definition) is 2. The molecule has 0 aromatic heterocycles. The van der Waals surface area contributed by atoms with E-state index in [0.717, 1.165) is 11.6 Å². The van der Waals surface area contributed by atoms with E-state index in [1.54, 1.807) is 0 Å². The molecule has 1 aliphatic rings. The molecular weight excluding hydrogens is 196 g/mol. The van der Waals surface area contributed by atoms with Crippen LogP contribution in [0.15, 0.2) is 18.2 Å². The van der Waals surface area contributed by atoms with E-state index in [2.05, 4.69) is 31.0 Å². The zero-order chi connectivity index (χ0) is 11.5. The van der Waals surface area contributed by atoms with Gasteiger partial charge in [-0.25, -0.2) is 0 Å². The minimum Gasteiger partial charge on any atom is -0.399 e. The molecule has 88 valence electrons. The van der Waals surface area contributed by atoms with E-state index in [-0.39, 0.29) is 0 Å². The van der Waals surface area contributed by atoms with Gasteiger partial charge in [-0.05, 0) is 49.4 Å². The summed E-state index contributed by atoms with van der Waals surface area (Å²) in [6, 6.07) is 6.32. The predicted octanol–water partition coefficient (Wildman–Crippen LogP) is 3.20. The van der Waals surface area contributed by atoms with Crippen LogP contribution in [0.3, 0.4) is 0 Å². The highest BCUT2D eigenvalue weighted by molar-refractivity contribution is 5.57. The number of benzene rings is 1. The Hall–Kier alpha value is -1.18. The summed E-state index contributed by atoms with van der Waals surface area (Å²) in [5.41, 5.74) is 9.19. The van der Waals surface area contributed by atoms with Crippen LogP contribution in [0, 0.1) is 12.8 Å². The Morgan fingerprint density at radius 2 is 2.00 bits per heavy atom. The van der Waals surface area contributed by atoms with Crippen LogP contribution < -0.4 is 10.6 Å². The van der Waals surface area contributed by atoms with Crippen LogP contribution >= 0.6 is 0 Å². The molecule has 0 heterocycles. The Bertz CT molecular complexity index is 354. The summed E-state index contributed by atoms with van der Waals surface area (Å²) < 4.78 is 0. The van der Waals surface area contributed by atoms with Crippen molar-refractivity contribution in [1.29, 1.82) is 0 Å². The second-order valence-electron chi connectivity index (χ2n) is 5.07. The Morgan fingerprint density at radius 3 is 2.62 bits per heavy atom. The van der Waals surface area contributed by atoms with Crippen molar-refractivity contribution in [3.8, 4) is 0 Å². The lowest BCUT2D eigenvalue weighted by Crippen LogP contribution is -2.24. The smallest absolute Gasteiger partial charge is 0.0367 e. The largest absolute Gasteiger partial charge is 0.399 e. The molecule has 1 aromatic rings. The zero-order valence-electron chi connectivity index (χ0n) is 10.4. The van der Waals surface area contributed by atoms with Crippen LogP contribution in [-0.4, -0.2) is 13.6 Å². The van der Waals surface area contributed by atoms with Crippen LogP contribution in [-0.2, 0) is 0 Å². The third kappa shape index (κ3) is 2.49. The van der Waals surface area contributed by atoms with Crippen LogP contribution in [0.5, 0.6) is 0 Å². The zero-order valence-corrected chi connectivity index (χ0v) is 10.4. The third-order valence-corrected chi connectivity index (χ3v) is 3.70. The Labute approximate surface area is 98.4 Å². The van der Waals surface area contributed by atoms with Crippen molar-refractivity contribution in [3.05, 3.63) is 23.8 Å². The molecule has 2 rings (SSSR count). The summed E-state index contributed by atoms with van der Waals surface area (Å²) in [5.74, 6) is 0.892. The summed E-state index contributed by atoms with van der Waals surface area (Å²) in [4.78, 5) is 2.36. The normalized spacial score (nSPS) is 16.6. The lowest BCUT2D eigenvalue weighted by molar-refractivity contribution is 0.547. The van der Waals surface area contributed by atoms with Crippen molar-refractivity contribution in [1.82, 2.24) is 0 Å². The third-order valence-electron chi connectivity index (χ3n) is 3.70. The van der Waals surface area contributed by atoms with E-state index in [4.69, 9.17) is 5.73 Å². The molecule has 0 bridgehead atoms. The second kappa shape index (κ2) is 4.77. The van der Waals surface area contributed by atoms with Crippen LogP contribution in [0.25, 0.3) is 0 Å². The summed E-state index contributed by atoms with van der Waals surface area (Å²) in [6.45, 7) is 3.26. The fourth-order valence-corrected chi connectivity index (χ4v) is 2.58. The molecule has 16 heavy (non-hydrogen) atoms. The van der Waals surface area contributed by atoms with Gasteiger partial charge in [-0.2, -0.15) is 0 Å². The topological polar surface area (TPSA) is 29.3 Å². The standard InChI is InChI=1S/C14H22N2/c1-11-9-13(7-8-14(11)15)16(2)10-12-5-3-4-6-12/h7-9,12H,3-6,10,15H2,1-2H3. The number of hydrogen-bond donors (Lipinski definition) is 1. The molecule has 1 aliphatic carbocycles. The van der Waals surface area contributed by atoms with Gasteiger partial charge >= 0.3 is 0 Å². The minimum absolute atomic E-state index is 0.887. The highest BCUT2D eigenvalue weighted by Crippen LogP contribution is 2.27. The van der Waals surface area contributed by atoms with Gasteiger partial charge in [-0.1, -0.05) is 12.8 Å². The maximum absolute atomic E-state index is 5.83. The van der Waals surface area contributed by atoms with E-state index >= 15 is 0 Å². The van der Waals surface area contributed by atoms with E-state index in [1.165, 1.54) is 43.5 Å². The van der Waals surface area contributed by atoms with Crippen LogP contribution in [0.2, 0.25) is 0 Å². The Balaban J connectivity index is 2.02. The van der Waals surface area contributed by atoms with E-state index in [9.17, 15) is 0 Å². The van der Waals surface area contributed by atoms with Gasteiger partial charge in [0.15, 0.2) is 0 Å². The fourth-order valence-electron chi connectivity index (χ4n) is 2.58. The van der Waals surface area contributed by atoms with Gasteiger partial charge in [0.25, 0.3) is 0 Å². The van der Waals surface area contributed by atoms with Crippen molar-refractivity contribution in [3.63, 3.8) is 0 Å². The molecule has 1 saturated carbocycles. The highest BCUT2D eigenvalue weighted by Gasteiger charge is 2.17. The van der Waals surface area contributed by atoms with Gasteiger partial charge in [0, 0.05) is 25.0 Å². The quantitative estimate of drug-likeness (QED) is 0.789. The molecule has 2 nitrogen and oxygen atoms in total. The maximum Gasteiger partial charge on any atom is 0.0367 e. The maximum atomic E-state index is 5.83. The molecule has 0 unspecified atom stereocenters. The molecule has 2 heteroatoms. The number of aryl methyl sites for hydroxylation is 1. The first-order valence-electron chi connectivity index (χ1n) is 6.24. The van der Waals surface area contributed by atoms with Gasteiger partial charge in [-0.15, -0.1) is 0 Å². The number of nitrogens with zero attached hydrogens (tertiary/aromatic N) is 1. The summed E-state index contributed by atoms with van der Waals surface area (Å²) >= 11 is 0. The molecular formula is C14H22N2. The van der Waals surface area contributed by atoms with Crippen molar-refractivity contribution in [2.75, 3.05) is 24.2 Å². The lowest BCUT2D eigenvalue weighted by atomic mass is 10.1. The average molecular weight is 218 g/mol. The van der Waals surface area contributed by atoms with Gasteiger partial charge in [-0.3, -0.25) is 0 Å². The van der Waals surface area contributed by atoms with E-state index < -0.39 is 0 Å². The van der Waals surface area contributed by atoms with Crippen molar-refractivity contribution in [2.24, 2.45) is 5.92 Å². The number of nitrogens with two attached hydrogens (primary N) is 1. The fraction of sp³-hybridized carbons (Fsp3) is 0.571. The van der Waals surface area contributed by atoms with Gasteiger partial charge in [0.05, 0.1) is 0 Å². The first-order valence-corrected chi connectivity index (χ1v) is 6.24. The van der Waals surface area contributed by atoms with Crippen molar-refractivity contribution in [2.45, 2.75) is 32.6 Å². The van der Waals surface area contributed by atoms with Gasteiger partial charge in [0.2, 0.25) is 0 Å². The molecule has 0 spiro atoms. The van der Waals surface area contributed by atoms with Gasteiger partial charge in [0.1, 0.15) is 0 Å². The number of rotatable bonds is 3. The SMILES string of the molecule is Cc1cc(N(C)CC2CCCC2)ccc1N. The Kier molecular flexibility index (Phi) is 3.37. The van der Waals surface area contributed by atoms with E-state index in [1.807, 2.05) is 6.07 Å². The van der Waals surface area contributed by atoms with Crippen LogP contribution in [0.1, 0.15) is 31.2 Å². The molecule has 0 amide bonds. The Morgan fingerprint density at radius 1 is 1.31 bits per heavy atom. The van der Waals surface area contributed by atoms with Crippen molar-refractivity contribution >= 4 is 11.4 Å². The summed E-state index contributed by atoms with van der Waals surface area (Å²) in [6.07, 6.45) is 5.63. The second-order valence-corrected chi connectivity index (χ2v) is 5.07. The van der Waals surface area contributed by atoms with Gasteiger partial charge < -0.3 is 10.6 Å². The number of anilines is 2. The molecule has 0 radical (unpaired) electrons. The molecule has 1 aromatic carbocycles. The first-order chi connectivity index (χ1) is 7.66. The predicted molar refractivity (Wildman–Crippen MR) is 70.8 cm³/mol. The summed E-state index contributed by atoms with van der Waals surface area (Å²) in [7, 11) is 2.18. The lowest BCUT2D eigenvalue weighted by Gasteiger charge is -2.23. The molecule has 2 N–H and O–H groups in total. The average Bonchev–Trinajstić information content (AvgIpc) is 2.74. The molecule has 0 atom stereocenters. The molecule has 1 fully saturated rings. The van der Waals surface area contributed by atoms with E-state index in [0.29, 0.717) is 0 Å². The first kappa shape index (κ1) is 11.3. The van der Waals surface area contributed by atoms with Crippen LogP contribution in [0.4, 0.5) is 11.4 Å². The number of nitrogen functional groups attached to an aromatic ring is 1.